The van der Waals surface area contributed by atoms with Gasteiger partial charge in [-0.1, -0.05) is 26.0 Å². The molecule has 1 heterocycles. The van der Waals surface area contributed by atoms with Gasteiger partial charge in [0.05, 0.1) is 5.69 Å². The van der Waals surface area contributed by atoms with E-state index in [2.05, 4.69) is 4.98 Å². The van der Waals surface area contributed by atoms with Crippen molar-refractivity contribution in [2.45, 2.75) is 52.7 Å². The summed E-state index contributed by atoms with van der Waals surface area (Å²) in [5.74, 6) is -0.0463. The SMILES string of the molecule is CC(C)C(OC(=O)OC(C)(C)C)c1nc(Cc2cccc(F)c2)co1. The Bertz CT molecular complexity index is 718. The standard InChI is InChI=1S/C19H24FNO4/c1-12(2)16(24-18(22)25-19(3,4)5)17-21-15(11-23-17)10-13-7-6-8-14(20)9-13/h6-9,11-12,16H,10H2,1-5H3. The van der Waals surface area contributed by atoms with Crippen LogP contribution in [0.15, 0.2) is 34.9 Å². The maximum absolute atomic E-state index is 13.3. The van der Waals surface area contributed by atoms with Gasteiger partial charge in [-0.15, -0.1) is 0 Å². The predicted octanol–water partition coefficient (Wildman–Crippen LogP) is 5.05. The molecular formula is C19H24FNO4. The van der Waals surface area contributed by atoms with Gasteiger partial charge < -0.3 is 13.9 Å². The van der Waals surface area contributed by atoms with Crippen molar-refractivity contribution in [1.82, 2.24) is 4.98 Å². The van der Waals surface area contributed by atoms with Crippen LogP contribution in [0.3, 0.4) is 0 Å². The normalized spacial score (nSPS) is 12.9. The molecule has 6 heteroatoms. The lowest BCUT2D eigenvalue weighted by atomic mass is 10.1. The van der Waals surface area contributed by atoms with Crippen molar-refractivity contribution < 1.29 is 23.1 Å². The maximum atomic E-state index is 13.3. The third kappa shape index (κ3) is 5.89. The van der Waals surface area contributed by atoms with Crippen LogP contribution in [0, 0.1) is 11.7 Å². The summed E-state index contributed by atoms with van der Waals surface area (Å²) in [6, 6.07) is 6.30. The van der Waals surface area contributed by atoms with E-state index in [-0.39, 0.29) is 11.7 Å². The molecule has 0 aliphatic carbocycles. The average Bonchev–Trinajstić information content (AvgIpc) is 2.90. The van der Waals surface area contributed by atoms with Gasteiger partial charge in [0.2, 0.25) is 5.89 Å². The van der Waals surface area contributed by atoms with Crippen LogP contribution in [-0.4, -0.2) is 16.7 Å². The second-order valence-electron chi connectivity index (χ2n) is 7.23. The number of ether oxygens (including phenoxy) is 2. The fourth-order valence-electron chi connectivity index (χ4n) is 2.24. The van der Waals surface area contributed by atoms with E-state index >= 15 is 0 Å². The molecule has 0 saturated heterocycles. The first-order valence-electron chi connectivity index (χ1n) is 8.22. The minimum absolute atomic E-state index is 0.0480. The third-order valence-corrected chi connectivity index (χ3v) is 3.31. The molecule has 0 aliphatic heterocycles. The molecule has 0 saturated carbocycles. The van der Waals surface area contributed by atoms with Crippen molar-refractivity contribution in [3.05, 3.63) is 53.5 Å². The molecule has 0 bridgehead atoms. The van der Waals surface area contributed by atoms with Crippen molar-refractivity contribution in [1.29, 1.82) is 0 Å². The second-order valence-corrected chi connectivity index (χ2v) is 7.23. The number of benzene rings is 1. The lowest BCUT2D eigenvalue weighted by Crippen LogP contribution is -2.26. The Morgan fingerprint density at radius 3 is 2.64 bits per heavy atom. The largest absolute Gasteiger partial charge is 0.509 e. The first-order valence-corrected chi connectivity index (χ1v) is 8.22. The van der Waals surface area contributed by atoms with Crippen molar-refractivity contribution >= 4 is 6.16 Å². The quantitative estimate of drug-likeness (QED) is 0.707. The minimum Gasteiger partial charge on any atom is -0.445 e. The predicted molar refractivity (Wildman–Crippen MR) is 90.6 cm³/mol. The summed E-state index contributed by atoms with van der Waals surface area (Å²) in [7, 11) is 0. The molecule has 0 amide bonds. The van der Waals surface area contributed by atoms with Crippen LogP contribution in [0.2, 0.25) is 0 Å². The van der Waals surface area contributed by atoms with Gasteiger partial charge >= 0.3 is 6.16 Å². The van der Waals surface area contributed by atoms with E-state index in [1.165, 1.54) is 18.4 Å². The molecule has 136 valence electrons. The van der Waals surface area contributed by atoms with Crippen molar-refractivity contribution in [2.24, 2.45) is 5.92 Å². The number of carbonyl (C=O) groups excluding carboxylic acids is 1. The number of hydrogen-bond acceptors (Lipinski definition) is 5. The summed E-state index contributed by atoms with van der Waals surface area (Å²) in [4.78, 5) is 16.3. The van der Waals surface area contributed by atoms with Gasteiger partial charge in [0.1, 0.15) is 17.7 Å². The highest BCUT2D eigenvalue weighted by molar-refractivity contribution is 5.60. The molecule has 0 fully saturated rings. The lowest BCUT2D eigenvalue weighted by molar-refractivity contribution is -0.0435. The molecular weight excluding hydrogens is 325 g/mol. The smallest absolute Gasteiger partial charge is 0.445 e. The molecule has 0 N–H and O–H groups in total. The molecule has 2 aromatic rings. The first-order chi connectivity index (χ1) is 11.6. The van der Waals surface area contributed by atoms with Crippen LogP contribution in [0.1, 0.15) is 57.9 Å². The van der Waals surface area contributed by atoms with E-state index in [0.717, 1.165) is 5.56 Å². The van der Waals surface area contributed by atoms with Crippen LogP contribution in [-0.2, 0) is 15.9 Å². The fraction of sp³-hybridized carbons (Fsp3) is 0.474. The third-order valence-electron chi connectivity index (χ3n) is 3.31. The zero-order valence-corrected chi connectivity index (χ0v) is 15.2. The van der Waals surface area contributed by atoms with Crippen LogP contribution in [0.4, 0.5) is 9.18 Å². The summed E-state index contributed by atoms with van der Waals surface area (Å²) >= 11 is 0. The molecule has 1 unspecified atom stereocenters. The highest BCUT2D eigenvalue weighted by Crippen LogP contribution is 2.27. The summed E-state index contributed by atoms with van der Waals surface area (Å²) in [6.07, 6.45) is 0.499. The number of rotatable bonds is 5. The second kappa shape index (κ2) is 7.68. The van der Waals surface area contributed by atoms with Crippen molar-refractivity contribution in [2.75, 3.05) is 0 Å². The molecule has 25 heavy (non-hydrogen) atoms. The highest BCUT2D eigenvalue weighted by atomic mass is 19.1. The first kappa shape index (κ1) is 19.0. The zero-order chi connectivity index (χ0) is 18.6. The number of aromatic nitrogens is 1. The molecule has 0 spiro atoms. The summed E-state index contributed by atoms with van der Waals surface area (Å²) < 4.78 is 29.3. The van der Waals surface area contributed by atoms with Crippen LogP contribution in [0.5, 0.6) is 0 Å². The van der Waals surface area contributed by atoms with Crippen molar-refractivity contribution in [3.8, 4) is 0 Å². The Hall–Kier alpha value is -2.37. The molecule has 1 aromatic heterocycles. The zero-order valence-electron chi connectivity index (χ0n) is 15.2. The summed E-state index contributed by atoms with van der Waals surface area (Å²) in [6.45, 7) is 9.08. The van der Waals surface area contributed by atoms with Gasteiger partial charge in [0.25, 0.3) is 0 Å². The highest BCUT2D eigenvalue weighted by Gasteiger charge is 2.28. The van der Waals surface area contributed by atoms with E-state index in [4.69, 9.17) is 13.9 Å². The van der Waals surface area contributed by atoms with E-state index in [1.807, 2.05) is 19.9 Å². The monoisotopic (exact) mass is 349 g/mol. The number of halogens is 1. The van der Waals surface area contributed by atoms with E-state index in [0.29, 0.717) is 18.0 Å². The Morgan fingerprint density at radius 2 is 2.04 bits per heavy atom. The van der Waals surface area contributed by atoms with Crippen LogP contribution < -0.4 is 0 Å². The molecule has 2 rings (SSSR count). The molecule has 1 atom stereocenters. The summed E-state index contributed by atoms with van der Waals surface area (Å²) in [5, 5.41) is 0. The minimum atomic E-state index is -0.768. The molecule has 5 nitrogen and oxygen atoms in total. The molecule has 0 aliphatic rings. The molecule has 1 aromatic carbocycles. The van der Waals surface area contributed by atoms with Gasteiger partial charge in [-0.25, -0.2) is 14.2 Å². The summed E-state index contributed by atoms with van der Waals surface area (Å²) in [5.41, 5.74) is 0.783. The van der Waals surface area contributed by atoms with Gasteiger partial charge in [-0.05, 0) is 44.4 Å². The number of oxazole rings is 1. The Labute approximate surface area is 147 Å². The van der Waals surface area contributed by atoms with E-state index in [1.54, 1.807) is 26.8 Å². The number of nitrogens with zero attached hydrogens (tertiary/aromatic N) is 1. The van der Waals surface area contributed by atoms with E-state index in [9.17, 15) is 9.18 Å². The topological polar surface area (TPSA) is 61.6 Å². The van der Waals surface area contributed by atoms with Crippen LogP contribution >= 0.6 is 0 Å². The number of carbonyl (C=O) groups is 1. The van der Waals surface area contributed by atoms with E-state index < -0.39 is 17.9 Å². The van der Waals surface area contributed by atoms with Gasteiger partial charge in [-0.2, -0.15) is 0 Å². The lowest BCUT2D eigenvalue weighted by Gasteiger charge is -2.23. The van der Waals surface area contributed by atoms with Gasteiger partial charge in [0.15, 0.2) is 6.10 Å². The molecule has 0 radical (unpaired) electrons. The van der Waals surface area contributed by atoms with Crippen molar-refractivity contribution in [3.63, 3.8) is 0 Å². The Balaban J connectivity index is 2.09. The van der Waals surface area contributed by atoms with Crippen LogP contribution in [0.25, 0.3) is 0 Å². The maximum Gasteiger partial charge on any atom is 0.509 e. The number of hydrogen-bond donors (Lipinski definition) is 0. The Morgan fingerprint density at radius 1 is 1.32 bits per heavy atom. The average molecular weight is 349 g/mol. The van der Waals surface area contributed by atoms with Gasteiger partial charge in [-0.3, -0.25) is 0 Å². The fourth-order valence-corrected chi connectivity index (χ4v) is 2.24. The van der Waals surface area contributed by atoms with Gasteiger partial charge in [0, 0.05) is 6.42 Å². The Kier molecular flexibility index (Phi) is 5.82.